The van der Waals surface area contributed by atoms with Crippen molar-refractivity contribution in [2.45, 2.75) is 39.2 Å². The van der Waals surface area contributed by atoms with E-state index < -0.39 is 5.60 Å². The van der Waals surface area contributed by atoms with Gasteiger partial charge in [0, 0.05) is 0 Å². The van der Waals surface area contributed by atoms with E-state index in [2.05, 4.69) is 13.8 Å². The van der Waals surface area contributed by atoms with Gasteiger partial charge in [-0.15, -0.1) is 0 Å². The third kappa shape index (κ3) is 2.47. The summed E-state index contributed by atoms with van der Waals surface area (Å²) in [5, 5.41) is 10.5. The van der Waals surface area contributed by atoms with Gasteiger partial charge in [0.1, 0.15) is 5.75 Å². The first-order chi connectivity index (χ1) is 8.05. The molecular formula is C15H22O2. The smallest absolute Gasteiger partial charge is 0.119 e. The lowest BCUT2D eigenvalue weighted by Crippen LogP contribution is -2.43. The van der Waals surface area contributed by atoms with E-state index in [1.54, 1.807) is 0 Å². The molecule has 2 heteroatoms. The molecular weight excluding hydrogens is 212 g/mol. The molecule has 1 aliphatic rings. The summed E-state index contributed by atoms with van der Waals surface area (Å²) < 4.78 is 5.47. The average Bonchev–Trinajstić information content (AvgIpc) is 2.25. The Bertz CT molecular complexity index is 378. The van der Waals surface area contributed by atoms with Gasteiger partial charge in [-0.25, -0.2) is 0 Å². The monoisotopic (exact) mass is 234 g/mol. The van der Waals surface area contributed by atoms with E-state index in [4.69, 9.17) is 4.74 Å². The second-order valence-corrected chi connectivity index (χ2v) is 5.40. The van der Waals surface area contributed by atoms with Crippen molar-refractivity contribution in [3.63, 3.8) is 0 Å². The maximum Gasteiger partial charge on any atom is 0.119 e. The normalized spacial score (nSPS) is 27.9. The van der Waals surface area contributed by atoms with Crippen LogP contribution in [-0.2, 0) is 5.60 Å². The Hall–Kier alpha value is -1.02. The number of hydrogen-bond donors (Lipinski definition) is 1. The molecule has 0 spiro atoms. The summed E-state index contributed by atoms with van der Waals surface area (Å²) in [5.74, 6) is 2.16. The third-order valence-electron chi connectivity index (χ3n) is 3.82. The fourth-order valence-corrected chi connectivity index (χ4v) is 2.56. The lowest BCUT2D eigenvalue weighted by Gasteiger charge is -2.46. The van der Waals surface area contributed by atoms with Crippen LogP contribution in [-0.4, -0.2) is 11.7 Å². The molecule has 1 fully saturated rings. The van der Waals surface area contributed by atoms with E-state index in [1.165, 1.54) is 0 Å². The highest BCUT2D eigenvalue weighted by Crippen LogP contribution is 2.49. The van der Waals surface area contributed by atoms with Crippen LogP contribution >= 0.6 is 0 Å². The number of aliphatic hydroxyl groups is 1. The Kier molecular flexibility index (Phi) is 3.43. The standard InChI is InChI=1S/C15H22O2/c1-4-17-14-7-5-6-13(8-14)15(16)9-12(10-15)11(2)3/h5-8,11-12,16H,4,9-10H2,1-3H3. The maximum atomic E-state index is 10.5. The van der Waals surface area contributed by atoms with E-state index >= 15 is 0 Å². The van der Waals surface area contributed by atoms with E-state index in [-0.39, 0.29) is 0 Å². The topological polar surface area (TPSA) is 29.5 Å². The fraction of sp³-hybridized carbons (Fsp3) is 0.600. The molecule has 1 aromatic carbocycles. The molecule has 2 nitrogen and oxygen atoms in total. The molecule has 1 N–H and O–H groups in total. The summed E-state index contributed by atoms with van der Waals surface area (Å²) in [6.45, 7) is 7.08. The Morgan fingerprint density at radius 3 is 2.71 bits per heavy atom. The molecule has 0 bridgehead atoms. The molecule has 0 aromatic heterocycles. The Morgan fingerprint density at radius 2 is 2.12 bits per heavy atom. The lowest BCUT2D eigenvalue weighted by atomic mass is 9.63. The SMILES string of the molecule is CCOc1cccc(C2(O)CC(C(C)C)C2)c1. The van der Waals surface area contributed by atoms with Crippen molar-refractivity contribution in [3.05, 3.63) is 29.8 Å². The van der Waals surface area contributed by atoms with Gasteiger partial charge in [-0.1, -0.05) is 26.0 Å². The van der Waals surface area contributed by atoms with Crippen LogP contribution in [0.1, 0.15) is 39.2 Å². The van der Waals surface area contributed by atoms with Gasteiger partial charge in [0.15, 0.2) is 0 Å². The van der Waals surface area contributed by atoms with Crippen molar-refractivity contribution in [3.8, 4) is 5.75 Å². The van der Waals surface area contributed by atoms with Gasteiger partial charge in [-0.3, -0.25) is 0 Å². The van der Waals surface area contributed by atoms with Crippen molar-refractivity contribution in [1.29, 1.82) is 0 Å². The molecule has 0 radical (unpaired) electrons. The van der Waals surface area contributed by atoms with Crippen molar-refractivity contribution in [2.75, 3.05) is 6.61 Å². The van der Waals surface area contributed by atoms with Crippen LogP contribution in [0.25, 0.3) is 0 Å². The van der Waals surface area contributed by atoms with Crippen LogP contribution in [0.15, 0.2) is 24.3 Å². The van der Waals surface area contributed by atoms with Crippen LogP contribution in [0, 0.1) is 11.8 Å². The van der Waals surface area contributed by atoms with Gasteiger partial charge in [0.25, 0.3) is 0 Å². The minimum atomic E-state index is -0.623. The van der Waals surface area contributed by atoms with Gasteiger partial charge in [0.05, 0.1) is 12.2 Å². The quantitative estimate of drug-likeness (QED) is 0.865. The van der Waals surface area contributed by atoms with Gasteiger partial charge in [-0.2, -0.15) is 0 Å². The molecule has 94 valence electrons. The molecule has 0 amide bonds. The molecule has 0 heterocycles. The molecule has 0 aliphatic heterocycles. The highest BCUT2D eigenvalue weighted by Gasteiger charge is 2.44. The van der Waals surface area contributed by atoms with Gasteiger partial charge in [0.2, 0.25) is 0 Å². The number of ether oxygens (including phenoxy) is 1. The second kappa shape index (κ2) is 4.69. The molecule has 1 aliphatic carbocycles. The van der Waals surface area contributed by atoms with Crippen LogP contribution in [0.5, 0.6) is 5.75 Å². The van der Waals surface area contributed by atoms with Crippen LogP contribution < -0.4 is 4.74 Å². The lowest BCUT2D eigenvalue weighted by molar-refractivity contribution is -0.0934. The minimum absolute atomic E-state index is 0.623. The molecule has 0 atom stereocenters. The predicted molar refractivity (Wildman–Crippen MR) is 69.1 cm³/mol. The summed E-state index contributed by atoms with van der Waals surface area (Å²) >= 11 is 0. The van der Waals surface area contributed by atoms with Gasteiger partial charge >= 0.3 is 0 Å². The van der Waals surface area contributed by atoms with Crippen molar-refractivity contribution in [2.24, 2.45) is 11.8 Å². The maximum absolute atomic E-state index is 10.5. The van der Waals surface area contributed by atoms with E-state index in [9.17, 15) is 5.11 Å². The fourth-order valence-electron chi connectivity index (χ4n) is 2.56. The zero-order valence-electron chi connectivity index (χ0n) is 10.9. The minimum Gasteiger partial charge on any atom is -0.494 e. The molecule has 1 saturated carbocycles. The average molecular weight is 234 g/mol. The molecule has 0 saturated heterocycles. The summed E-state index contributed by atoms with van der Waals surface area (Å²) in [5.41, 5.74) is 0.377. The molecule has 0 unspecified atom stereocenters. The number of hydrogen-bond acceptors (Lipinski definition) is 2. The first-order valence-corrected chi connectivity index (χ1v) is 6.51. The van der Waals surface area contributed by atoms with E-state index in [0.29, 0.717) is 18.4 Å². The van der Waals surface area contributed by atoms with E-state index in [0.717, 1.165) is 24.2 Å². The van der Waals surface area contributed by atoms with Crippen molar-refractivity contribution >= 4 is 0 Å². The predicted octanol–water partition coefficient (Wildman–Crippen LogP) is 3.34. The summed E-state index contributed by atoms with van der Waals surface area (Å²) in [4.78, 5) is 0. The number of benzene rings is 1. The number of rotatable bonds is 4. The zero-order valence-corrected chi connectivity index (χ0v) is 10.9. The van der Waals surface area contributed by atoms with Gasteiger partial charge in [-0.05, 0) is 49.3 Å². The molecule has 1 aromatic rings. The first-order valence-electron chi connectivity index (χ1n) is 6.51. The van der Waals surface area contributed by atoms with Gasteiger partial charge < -0.3 is 9.84 Å². The summed E-state index contributed by atoms with van der Waals surface area (Å²) in [6.07, 6.45) is 1.75. The second-order valence-electron chi connectivity index (χ2n) is 5.40. The van der Waals surface area contributed by atoms with E-state index in [1.807, 2.05) is 31.2 Å². The highest BCUT2D eigenvalue weighted by atomic mass is 16.5. The Labute approximate surface area is 104 Å². The summed E-state index contributed by atoms with van der Waals surface area (Å²) in [7, 11) is 0. The van der Waals surface area contributed by atoms with Crippen LogP contribution in [0.4, 0.5) is 0 Å². The Morgan fingerprint density at radius 1 is 1.41 bits per heavy atom. The Balaban J connectivity index is 2.10. The largest absolute Gasteiger partial charge is 0.494 e. The zero-order chi connectivity index (χ0) is 12.5. The van der Waals surface area contributed by atoms with Crippen LogP contribution in [0.3, 0.4) is 0 Å². The van der Waals surface area contributed by atoms with Crippen molar-refractivity contribution in [1.82, 2.24) is 0 Å². The first kappa shape index (κ1) is 12.4. The van der Waals surface area contributed by atoms with Crippen molar-refractivity contribution < 1.29 is 9.84 Å². The summed E-state index contributed by atoms with van der Waals surface area (Å²) in [6, 6.07) is 7.87. The highest BCUT2D eigenvalue weighted by molar-refractivity contribution is 5.34. The third-order valence-corrected chi connectivity index (χ3v) is 3.82. The molecule has 2 rings (SSSR count). The molecule has 17 heavy (non-hydrogen) atoms. The van der Waals surface area contributed by atoms with Crippen LogP contribution in [0.2, 0.25) is 0 Å².